The first kappa shape index (κ1) is 26.1. The first-order valence-corrected chi connectivity index (χ1v) is 14.0. The van der Waals surface area contributed by atoms with Crippen LogP contribution in [-0.2, 0) is 0 Å². The van der Waals surface area contributed by atoms with Gasteiger partial charge in [0.2, 0.25) is 0 Å². The molecule has 0 aliphatic carbocycles. The van der Waals surface area contributed by atoms with E-state index in [2.05, 4.69) is 53.8 Å². The molecule has 5 nitrogen and oxygen atoms in total. The largest absolute Gasteiger partial charge is 0.457 e. The topological polar surface area (TPSA) is 42.3 Å². The summed E-state index contributed by atoms with van der Waals surface area (Å²) in [5, 5.41) is 4.94. The lowest BCUT2D eigenvalue weighted by molar-refractivity contribution is 0.482. The number of nitrogens with zero attached hydrogens (tertiary/aromatic N) is 3. The second kappa shape index (κ2) is 10.8. The van der Waals surface area contributed by atoms with Crippen molar-refractivity contribution in [3.8, 4) is 17.2 Å². The van der Waals surface area contributed by atoms with Crippen molar-refractivity contribution >= 4 is 34.6 Å². The van der Waals surface area contributed by atoms with Crippen molar-refractivity contribution in [2.24, 2.45) is 0 Å². The fraction of sp³-hybridized carbons (Fsp3) is 0.152. The van der Waals surface area contributed by atoms with E-state index in [0.29, 0.717) is 10.1 Å². The summed E-state index contributed by atoms with van der Waals surface area (Å²) in [5.41, 5.74) is 7.63. The minimum Gasteiger partial charge on any atom is -0.457 e. The molecular formula is C33H29ClN4OS. The van der Waals surface area contributed by atoms with Crippen LogP contribution in [0.25, 0.3) is 5.69 Å². The zero-order valence-electron chi connectivity index (χ0n) is 22.5. The lowest BCUT2D eigenvalue weighted by Crippen LogP contribution is -2.29. The number of aromatic nitrogens is 2. The summed E-state index contributed by atoms with van der Waals surface area (Å²) in [6.07, 6.45) is 1.83. The zero-order chi connectivity index (χ0) is 27.8. The average molecular weight is 565 g/mol. The van der Waals surface area contributed by atoms with Gasteiger partial charge in [0.1, 0.15) is 11.5 Å². The molecular weight excluding hydrogens is 536 g/mol. The molecule has 2 atom stereocenters. The van der Waals surface area contributed by atoms with Crippen LogP contribution in [0.1, 0.15) is 40.3 Å². The number of aryl methyl sites for hydroxylation is 2. The van der Waals surface area contributed by atoms with Crippen molar-refractivity contribution in [3.63, 3.8) is 0 Å². The summed E-state index contributed by atoms with van der Waals surface area (Å²) in [7, 11) is 0. The van der Waals surface area contributed by atoms with Gasteiger partial charge in [0, 0.05) is 34.0 Å². The van der Waals surface area contributed by atoms with E-state index in [1.807, 2.05) is 85.1 Å². The molecule has 7 heteroatoms. The molecule has 6 rings (SSSR count). The summed E-state index contributed by atoms with van der Waals surface area (Å²) in [4.78, 5) is 6.90. The number of pyridine rings is 1. The molecule has 1 fully saturated rings. The van der Waals surface area contributed by atoms with Crippen LogP contribution < -0.4 is 15.0 Å². The summed E-state index contributed by atoms with van der Waals surface area (Å²) in [5.74, 6) is 1.57. The normalized spacial score (nSPS) is 16.7. The van der Waals surface area contributed by atoms with Gasteiger partial charge in [-0.15, -0.1) is 0 Å². The molecule has 1 aliphatic rings. The summed E-state index contributed by atoms with van der Waals surface area (Å²) < 4.78 is 8.35. The van der Waals surface area contributed by atoms with Gasteiger partial charge in [-0.25, -0.2) is 0 Å². The number of rotatable bonds is 6. The minimum atomic E-state index is -0.128. The molecule has 0 unspecified atom stereocenters. The number of anilines is 1. The third-order valence-corrected chi connectivity index (χ3v) is 7.91. The van der Waals surface area contributed by atoms with Crippen LogP contribution in [0.2, 0.25) is 5.02 Å². The Morgan fingerprint density at radius 2 is 1.48 bits per heavy atom. The predicted octanol–water partition coefficient (Wildman–Crippen LogP) is 8.42. The van der Waals surface area contributed by atoms with Gasteiger partial charge >= 0.3 is 0 Å². The molecule has 0 radical (unpaired) electrons. The lowest BCUT2D eigenvalue weighted by atomic mass is 9.96. The Bertz CT molecular complexity index is 1650. The van der Waals surface area contributed by atoms with Crippen molar-refractivity contribution in [2.45, 2.75) is 32.9 Å². The Hall–Kier alpha value is -4.13. The molecule has 0 bridgehead atoms. The van der Waals surface area contributed by atoms with Gasteiger partial charge < -0.3 is 19.5 Å². The number of ether oxygens (including phenoxy) is 1. The number of hydrogen-bond acceptors (Lipinski definition) is 3. The quantitative estimate of drug-likeness (QED) is 0.210. The Morgan fingerprint density at radius 1 is 0.825 bits per heavy atom. The Labute approximate surface area is 245 Å². The summed E-state index contributed by atoms with van der Waals surface area (Å²) in [6.45, 7) is 6.35. The second-order valence-corrected chi connectivity index (χ2v) is 10.9. The van der Waals surface area contributed by atoms with E-state index in [0.717, 1.165) is 40.0 Å². The van der Waals surface area contributed by atoms with Gasteiger partial charge in [-0.3, -0.25) is 4.98 Å². The monoisotopic (exact) mass is 564 g/mol. The summed E-state index contributed by atoms with van der Waals surface area (Å²) in [6, 6.07) is 32.1. The molecule has 3 heterocycles. The van der Waals surface area contributed by atoms with E-state index in [4.69, 9.17) is 33.5 Å². The van der Waals surface area contributed by atoms with E-state index in [9.17, 15) is 0 Å². The Balaban J connectivity index is 1.40. The molecule has 200 valence electrons. The van der Waals surface area contributed by atoms with Gasteiger partial charge in [0.05, 0.1) is 17.8 Å². The SMILES string of the molecule is Cc1ccc(Oc2ccc(N3C(=S)N[C@@H](c4ccccn4)[C@H]3c3cc(C)n(-c4ccc(Cl)cc4)c3C)cc2)cc1. The highest BCUT2D eigenvalue weighted by Gasteiger charge is 2.42. The molecule has 3 aromatic carbocycles. The highest BCUT2D eigenvalue weighted by molar-refractivity contribution is 7.80. The van der Waals surface area contributed by atoms with Crippen molar-refractivity contribution in [3.05, 3.63) is 136 Å². The Morgan fingerprint density at radius 3 is 2.12 bits per heavy atom. The van der Waals surface area contributed by atoms with Crippen LogP contribution in [0.4, 0.5) is 5.69 Å². The van der Waals surface area contributed by atoms with Crippen LogP contribution in [0, 0.1) is 20.8 Å². The van der Waals surface area contributed by atoms with Crippen LogP contribution in [0.3, 0.4) is 0 Å². The van der Waals surface area contributed by atoms with E-state index in [-0.39, 0.29) is 12.1 Å². The number of halogens is 1. The van der Waals surface area contributed by atoms with Crippen molar-refractivity contribution in [1.82, 2.24) is 14.9 Å². The summed E-state index contributed by atoms with van der Waals surface area (Å²) >= 11 is 12.1. The van der Waals surface area contributed by atoms with Gasteiger partial charge in [-0.05, 0) is 117 Å². The number of benzene rings is 3. The second-order valence-electron chi connectivity index (χ2n) is 10.0. The van der Waals surface area contributed by atoms with Gasteiger partial charge in [0.25, 0.3) is 0 Å². The zero-order valence-corrected chi connectivity index (χ0v) is 24.1. The molecule has 1 saturated heterocycles. The van der Waals surface area contributed by atoms with Crippen molar-refractivity contribution in [1.29, 1.82) is 0 Å². The first-order valence-electron chi connectivity index (χ1n) is 13.2. The molecule has 0 amide bonds. The highest BCUT2D eigenvalue weighted by Crippen LogP contribution is 2.44. The molecule has 1 N–H and O–H groups in total. The van der Waals surface area contributed by atoms with Gasteiger partial charge in [-0.2, -0.15) is 0 Å². The third-order valence-electron chi connectivity index (χ3n) is 7.34. The lowest BCUT2D eigenvalue weighted by Gasteiger charge is -2.28. The average Bonchev–Trinajstić information content (AvgIpc) is 3.46. The molecule has 1 aliphatic heterocycles. The van der Waals surface area contributed by atoms with E-state index >= 15 is 0 Å². The molecule has 5 aromatic rings. The predicted molar refractivity (Wildman–Crippen MR) is 166 cm³/mol. The van der Waals surface area contributed by atoms with Crippen LogP contribution in [0.15, 0.2) is 103 Å². The fourth-order valence-corrected chi connectivity index (χ4v) is 5.91. The highest BCUT2D eigenvalue weighted by atomic mass is 35.5. The Kier molecular flexibility index (Phi) is 7.05. The maximum absolute atomic E-state index is 6.19. The smallest absolute Gasteiger partial charge is 0.174 e. The number of nitrogens with one attached hydrogen (secondary N) is 1. The molecule has 2 aromatic heterocycles. The van der Waals surface area contributed by atoms with E-state index in [1.54, 1.807) is 0 Å². The number of hydrogen-bond donors (Lipinski definition) is 1. The molecule has 0 saturated carbocycles. The molecule has 40 heavy (non-hydrogen) atoms. The standard InChI is InChI=1S/C33H29ClN4OS/c1-21-7-15-27(16-8-21)39-28-17-13-26(14-18-28)38-32(31(36-33(38)40)30-6-4-5-19-35-30)29-20-22(2)37(23(29)3)25-11-9-24(34)10-12-25/h4-20,31-32H,1-3H3,(H,36,40)/t31-,32+/m0/s1. The van der Waals surface area contributed by atoms with Gasteiger partial charge in [-0.1, -0.05) is 35.4 Å². The maximum Gasteiger partial charge on any atom is 0.174 e. The molecule has 0 spiro atoms. The maximum atomic E-state index is 6.19. The van der Waals surface area contributed by atoms with Crippen molar-refractivity contribution in [2.75, 3.05) is 4.90 Å². The van der Waals surface area contributed by atoms with Crippen molar-refractivity contribution < 1.29 is 4.74 Å². The van der Waals surface area contributed by atoms with Crippen LogP contribution in [0.5, 0.6) is 11.5 Å². The first-order chi connectivity index (χ1) is 19.4. The fourth-order valence-electron chi connectivity index (χ4n) is 5.44. The van der Waals surface area contributed by atoms with Gasteiger partial charge in [0.15, 0.2) is 5.11 Å². The van der Waals surface area contributed by atoms with Crippen LogP contribution in [-0.4, -0.2) is 14.7 Å². The van der Waals surface area contributed by atoms with Crippen LogP contribution >= 0.6 is 23.8 Å². The third kappa shape index (κ3) is 4.96. The minimum absolute atomic E-state index is 0.112. The van der Waals surface area contributed by atoms with E-state index < -0.39 is 0 Å². The van der Waals surface area contributed by atoms with E-state index in [1.165, 1.54) is 11.1 Å². The number of thiocarbonyl (C=S) groups is 1.